The van der Waals surface area contributed by atoms with Gasteiger partial charge in [-0.15, -0.1) is 0 Å². The smallest absolute Gasteiger partial charge is 0.197 e. The molecule has 90 valence electrons. The maximum absolute atomic E-state index is 13.8. The minimum Gasteiger partial charge on any atom is -0.504 e. The summed E-state index contributed by atoms with van der Waals surface area (Å²) in [7, 11) is 1.35. The molecule has 0 atom stereocenters. The van der Waals surface area contributed by atoms with Gasteiger partial charge in [0.1, 0.15) is 0 Å². The fourth-order valence-electron chi connectivity index (χ4n) is 1.65. The first-order valence-corrected chi connectivity index (χ1v) is 5.36. The molecule has 0 aliphatic carbocycles. The molecule has 4 heteroatoms. The highest BCUT2D eigenvalue weighted by atomic mass is 19.1. The molecular formula is C12H18FNO2. The first-order valence-electron chi connectivity index (χ1n) is 5.36. The Balaban J connectivity index is 2.96. The van der Waals surface area contributed by atoms with Crippen LogP contribution in [0.3, 0.4) is 0 Å². The molecule has 0 aromatic heterocycles. The number of ether oxygens (including phenoxy) is 1. The molecular weight excluding hydrogens is 209 g/mol. The largest absolute Gasteiger partial charge is 0.504 e. The highest BCUT2D eigenvalue weighted by molar-refractivity contribution is 5.49. The molecule has 0 spiro atoms. The van der Waals surface area contributed by atoms with Gasteiger partial charge in [-0.1, -0.05) is 0 Å². The molecule has 0 radical (unpaired) electrons. The van der Waals surface area contributed by atoms with Gasteiger partial charge < -0.3 is 15.6 Å². The van der Waals surface area contributed by atoms with Gasteiger partial charge in [-0.25, -0.2) is 4.39 Å². The van der Waals surface area contributed by atoms with E-state index in [4.69, 9.17) is 10.5 Å². The van der Waals surface area contributed by atoms with Crippen LogP contribution in [0, 0.1) is 12.7 Å². The summed E-state index contributed by atoms with van der Waals surface area (Å²) in [6.45, 7) is 2.33. The third kappa shape index (κ3) is 2.64. The Hall–Kier alpha value is -1.29. The molecule has 0 aliphatic rings. The monoisotopic (exact) mass is 227 g/mol. The summed E-state index contributed by atoms with van der Waals surface area (Å²) in [5.41, 5.74) is 6.58. The fourth-order valence-corrected chi connectivity index (χ4v) is 1.65. The molecule has 0 saturated heterocycles. The number of nitrogens with two attached hydrogens (primary N) is 1. The number of hydrogen-bond donors (Lipinski definition) is 2. The zero-order valence-corrected chi connectivity index (χ0v) is 9.72. The van der Waals surface area contributed by atoms with E-state index in [2.05, 4.69) is 0 Å². The van der Waals surface area contributed by atoms with Crippen LogP contribution in [0.4, 0.5) is 4.39 Å². The lowest BCUT2D eigenvalue weighted by atomic mass is 10.0. The van der Waals surface area contributed by atoms with Gasteiger partial charge in [-0.3, -0.25) is 0 Å². The predicted molar refractivity (Wildman–Crippen MR) is 61.3 cm³/mol. The lowest BCUT2D eigenvalue weighted by Crippen LogP contribution is -2.01. The van der Waals surface area contributed by atoms with Crippen LogP contribution >= 0.6 is 0 Å². The number of halogens is 1. The van der Waals surface area contributed by atoms with Gasteiger partial charge in [0.25, 0.3) is 0 Å². The molecule has 16 heavy (non-hydrogen) atoms. The van der Waals surface area contributed by atoms with Gasteiger partial charge in [0.2, 0.25) is 0 Å². The third-order valence-electron chi connectivity index (χ3n) is 2.56. The van der Waals surface area contributed by atoms with E-state index in [9.17, 15) is 9.50 Å². The van der Waals surface area contributed by atoms with E-state index < -0.39 is 5.82 Å². The van der Waals surface area contributed by atoms with E-state index >= 15 is 0 Å². The van der Waals surface area contributed by atoms with Crippen molar-refractivity contribution in [3.8, 4) is 11.5 Å². The Kier molecular flexibility index (Phi) is 4.55. The second kappa shape index (κ2) is 5.70. The number of benzene rings is 1. The number of phenolic OH excluding ortho intramolecular Hbond substituents is 1. The van der Waals surface area contributed by atoms with E-state index in [0.717, 1.165) is 12.8 Å². The van der Waals surface area contributed by atoms with E-state index in [-0.39, 0.29) is 11.5 Å². The molecule has 0 amide bonds. The van der Waals surface area contributed by atoms with Crippen molar-refractivity contribution in [1.82, 2.24) is 0 Å². The molecule has 0 aliphatic heterocycles. The maximum Gasteiger partial charge on any atom is 0.197 e. The molecule has 0 unspecified atom stereocenters. The van der Waals surface area contributed by atoms with Crippen LogP contribution < -0.4 is 10.5 Å². The van der Waals surface area contributed by atoms with Crippen molar-refractivity contribution in [2.24, 2.45) is 5.73 Å². The number of unbranched alkanes of at least 4 members (excludes halogenated alkanes) is 1. The van der Waals surface area contributed by atoms with Crippen LogP contribution in [0.25, 0.3) is 0 Å². The standard InChI is InChI=1S/C12H18FNO2/c1-8-7-9(5-3-4-6-14)10(13)12(16-2)11(8)15/h7,15H,3-6,14H2,1-2H3. The first-order chi connectivity index (χ1) is 7.61. The Morgan fingerprint density at radius 1 is 1.44 bits per heavy atom. The van der Waals surface area contributed by atoms with Gasteiger partial charge in [-0.05, 0) is 49.9 Å². The van der Waals surface area contributed by atoms with Gasteiger partial charge in [0.05, 0.1) is 7.11 Å². The minimum atomic E-state index is -0.470. The molecule has 1 aromatic rings. The van der Waals surface area contributed by atoms with Crippen LogP contribution in [-0.2, 0) is 6.42 Å². The molecule has 0 bridgehead atoms. The third-order valence-corrected chi connectivity index (χ3v) is 2.56. The number of hydrogen-bond acceptors (Lipinski definition) is 3. The number of phenols is 1. The van der Waals surface area contributed by atoms with E-state index in [1.807, 2.05) is 0 Å². The van der Waals surface area contributed by atoms with Gasteiger partial charge in [0.15, 0.2) is 17.3 Å². The summed E-state index contributed by atoms with van der Waals surface area (Å²) in [5.74, 6) is -0.659. The Morgan fingerprint density at radius 3 is 2.69 bits per heavy atom. The summed E-state index contributed by atoms with van der Waals surface area (Å²) in [4.78, 5) is 0. The van der Waals surface area contributed by atoms with Crippen molar-refractivity contribution in [2.75, 3.05) is 13.7 Å². The zero-order valence-electron chi connectivity index (χ0n) is 9.72. The summed E-state index contributed by atoms with van der Waals surface area (Å²) in [6, 6.07) is 1.66. The molecule has 3 nitrogen and oxygen atoms in total. The molecule has 1 rings (SSSR count). The molecule has 0 heterocycles. The quantitative estimate of drug-likeness (QED) is 0.758. The number of rotatable bonds is 5. The van der Waals surface area contributed by atoms with Crippen LogP contribution in [0.15, 0.2) is 6.07 Å². The number of aromatic hydroxyl groups is 1. The highest BCUT2D eigenvalue weighted by Crippen LogP contribution is 2.35. The van der Waals surface area contributed by atoms with E-state index in [1.54, 1.807) is 13.0 Å². The van der Waals surface area contributed by atoms with E-state index in [0.29, 0.717) is 24.1 Å². The Labute approximate surface area is 95.0 Å². The number of aryl methyl sites for hydroxylation is 2. The van der Waals surface area contributed by atoms with Crippen LogP contribution in [-0.4, -0.2) is 18.8 Å². The van der Waals surface area contributed by atoms with Crippen molar-refractivity contribution in [2.45, 2.75) is 26.2 Å². The van der Waals surface area contributed by atoms with Crippen molar-refractivity contribution in [3.05, 3.63) is 23.0 Å². The topological polar surface area (TPSA) is 55.5 Å². The predicted octanol–water partition coefficient (Wildman–Crippen LogP) is 2.13. The van der Waals surface area contributed by atoms with Crippen LogP contribution in [0.2, 0.25) is 0 Å². The van der Waals surface area contributed by atoms with Crippen LogP contribution in [0.1, 0.15) is 24.0 Å². The lowest BCUT2D eigenvalue weighted by molar-refractivity contribution is 0.347. The normalized spacial score (nSPS) is 10.5. The van der Waals surface area contributed by atoms with Crippen molar-refractivity contribution in [1.29, 1.82) is 0 Å². The Morgan fingerprint density at radius 2 is 2.12 bits per heavy atom. The van der Waals surface area contributed by atoms with Crippen molar-refractivity contribution >= 4 is 0 Å². The summed E-state index contributed by atoms with van der Waals surface area (Å²) >= 11 is 0. The Bertz CT molecular complexity index is 367. The molecule has 1 aromatic carbocycles. The SMILES string of the molecule is COc1c(O)c(C)cc(CCCCN)c1F. The first kappa shape index (κ1) is 12.8. The van der Waals surface area contributed by atoms with Crippen LogP contribution in [0.5, 0.6) is 11.5 Å². The molecule has 0 saturated carbocycles. The molecule has 3 N–H and O–H groups in total. The summed E-state index contributed by atoms with van der Waals surface area (Å²) < 4.78 is 18.7. The average molecular weight is 227 g/mol. The van der Waals surface area contributed by atoms with Gasteiger partial charge in [0, 0.05) is 0 Å². The molecule has 0 fully saturated rings. The highest BCUT2D eigenvalue weighted by Gasteiger charge is 2.16. The lowest BCUT2D eigenvalue weighted by Gasteiger charge is -2.11. The average Bonchev–Trinajstić information content (AvgIpc) is 2.26. The van der Waals surface area contributed by atoms with Crippen molar-refractivity contribution < 1.29 is 14.2 Å². The van der Waals surface area contributed by atoms with E-state index in [1.165, 1.54) is 7.11 Å². The summed E-state index contributed by atoms with van der Waals surface area (Å²) in [5, 5.41) is 9.59. The van der Waals surface area contributed by atoms with Gasteiger partial charge >= 0.3 is 0 Å². The second-order valence-electron chi connectivity index (χ2n) is 3.79. The fraction of sp³-hybridized carbons (Fsp3) is 0.500. The minimum absolute atomic E-state index is 0.0669. The number of methoxy groups -OCH3 is 1. The van der Waals surface area contributed by atoms with Crippen molar-refractivity contribution in [3.63, 3.8) is 0 Å². The second-order valence-corrected chi connectivity index (χ2v) is 3.79. The summed E-state index contributed by atoms with van der Waals surface area (Å²) in [6.07, 6.45) is 2.31. The van der Waals surface area contributed by atoms with Gasteiger partial charge in [-0.2, -0.15) is 0 Å². The zero-order chi connectivity index (χ0) is 12.1. The maximum atomic E-state index is 13.8.